The van der Waals surface area contributed by atoms with Crippen molar-refractivity contribution in [1.82, 2.24) is 4.98 Å². The topological polar surface area (TPSA) is 68.3 Å². The normalized spacial score (nSPS) is 12.2. The number of aromatic nitrogens is 1. The molecule has 2 rings (SSSR count). The van der Waals surface area contributed by atoms with E-state index in [2.05, 4.69) is 11.9 Å². The molecule has 0 aliphatic heterocycles. The molecule has 0 saturated carbocycles. The molecule has 1 heterocycles. The number of nitrogens with zero attached hydrogens (tertiary/aromatic N) is 1. The van der Waals surface area contributed by atoms with Crippen LogP contribution in [-0.4, -0.2) is 26.0 Å². The number of ether oxygens (including phenoxy) is 1. The summed E-state index contributed by atoms with van der Waals surface area (Å²) >= 11 is 0.954. The number of unbranched alkanes of at least 4 members (excludes halogenated alkanes) is 9. The van der Waals surface area contributed by atoms with Gasteiger partial charge in [0.05, 0.1) is 12.8 Å². The molecule has 0 spiro atoms. The largest absolute Gasteiger partial charge is 0.516 e. The first kappa shape index (κ1) is 27.4. The Balaban J connectivity index is 2.00. The van der Waals surface area contributed by atoms with Crippen LogP contribution < -0.4 is 9.46 Å². The van der Waals surface area contributed by atoms with Crippen molar-refractivity contribution >= 4 is 26.5 Å². The number of anilines is 1. The third-order valence-corrected chi connectivity index (χ3v) is 7.58. The van der Waals surface area contributed by atoms with Gasteiger partial charge >= 0.3 is 15.5 Å². The summed E-state index contributed by atoms with van der Waals surface area (Å²) in [6.07, 6.45) is 12.4. The average molecular weight is 507 g/mol. The second-order valence-corrected chi connectivity index (χ2v) is 10.8. The predicted octanol–water partition coefficient (Wildman–Crippen LogP) is 7.54. The van der Waals surface area contributed by atoms with E-state index >= 15 is 0 Å². The summed E-state index contributed by atoms with van der Waals surface area (Å²) in [5.41, 5.74) is -4.19. The van der Waals surface area contributed by atoms with Crippen LogP contribution in [0.25, 0.3) is 11.3 Å². The summed E-state index contributed by atoms with van der Waals surface area (Å²) in [5, 5.41) is -0.278. The van der Waals surface area contributed by atoms with Crippen molar-refractivity contribution < 1.29 is 26.3 Å². The van der Waals surface area contributed by atoms with E-state index in [1.807, 2.05) is 0 Å². The van der Waals surface area contributed by atoms with Crippen LogP contribution in [0, 0.1) is 0 Å². The number of alkyl halides is 3. The number of rotatable bonds is 15. The van der Waals surface area contributed by atoms with Crippen LogP contribution in [0.3, 0.4) is 0 Å². The zero-order valence-corrected chi connectivity index (χ0v) is 20.8. The first-order chi connectivity index (χ1) is 15.7. The lowest BCUT2D eigenvalue weighted by molar-refractivity contribution is -0.0429. The molecule has 0 aliphatic carbocycles. The van der Waals surface area contributed by atoms with E-state index in [1.54, 1.807) is 36.1 Å². The van der Waals surface area contributed by atoms with Crippen molar-refractivity contribution in [2.75, 3.05) is 11.8 Å². The van der Waals surface area contributed by atoms with E-state index in [1.165, 1.54) is 44.9 Å². The summed E-state index contributed by atoms with van der Waals surface area (Å²) in [4.78, 5) is 4.95. The van der Waals surface area contributed by atoms with Gasteiger partial charge in [0.2, 0.25) is 0 Å². The second-order valence-electron chi connectivity index (χ2n) is 8.00. The van der Waals surface area contributed by atoms with Gasteiger partial charge in [0, 0.05) is 10.4 Å². The fourth-order valence-corrected chi connectivity index (χ4v) is 5.25. The monoisotopic (exact) mass is 506 g/mol. The molecule has 1 aromatic carbocycles. The van der Waals surface area contributed by atoms with Crippen molar-refractivity contribution in [3.63, 3.8) is 0 Å². The maximum Gasteiger partial charge on any atom is 0.516 e. The van der Waals surface area contributed by atoms with Crippen LogP contribution in [0.4, 0.5) is 18.3 Å². The molecule has 0 amide bonds. The standard InChI is InChI=1S/C23H33F3N2O3S2/c1-3-4-5-6-7-8-9-10-11-12-13-20-21(18-14-16-19(31-2)17-15-18)27-22(32-20)28-33(29,30)23(24,25)26/h14-17H,3-13H2,1-2H3,(H,27,28). The van der Waals surface area contributed by atoms with E-state index < -0.39 is 15.5 Å². The lowest BCUT2D eigenvalue weighted by atomic mass is 10.0. The van der Waals surface area contributed by atoms with Gasteiger partial charge in [-0.1, -0.05) is 64.7 Å². The molecule has 1 aromatic heterocycles. The highest BCUT2D eigenvalue weighted by molar-refractivity contribution is 7.93. The van der Waals surface area contributed by atoms with Crippen LogP contribution >= 0.6 is 11.3 Å². The predicted molar refractivity (Wildman–Crippen MR) is 128 cm³/mol. The molecule has 0 fully saturated rings. The van der Waals surface area contributed by atoms with Gasteiger partial charge in [-0.2, -0.15) is 21.6 Å². The molecular weight excluding hydrogens is 473 g/mol. The first-order valence-corrected chi connectivity index (χ1v) is 13.7. The summed E-state index contributed by atoms with van der Waals surface area (Å²) < 4.78 is 68.1. The fraction of sp³-hybridized carbons (Fsp3) is 0.609. The molecule has 0 bridgehead atoms. The van der Waals surface area contributed by atoms with Crippen LogP contribution in [0.1, 0.15) is 76.0 Å². The van der Waals surface area contributed by atoms with Gasteiger partial charge in [-0.15, -0.1) is 11.3 Å². The third kappa shape index (κ3) is 8.81. The zero-order chi connectivity index (χ0) is 24.3. The Bertz CT molecular complexity index is 943. The second kappa shape index (κ2) is 13.2. The summed E-state index contributed by atoms with van der Waals surface area (Å²) in [7, 11) is -3.97. The third-order valence-electron chi connectivity index (χ3n) is 5.34. The summed E-state index contributed by atoms with van der Waals surface area (Å²) in [6.45, 7) is 2.21. The number of halogens is 3. The molecule has 0 unspecified atom stereocenters. The molecule has 0 aliphatic rings. The number of hydrogen-bond acceptors (Lipinski definition) is 5. The van der Waals surface area contributed by atoms with E-state index in [0.717, 1.165) is 35.5 Å². The van der Waals surface area contributed by atoms with Crippen molar-refractivity contribution in [3.05, 3.63) is 29.1 Å². The Kier molecular flexibility index (Phi) is 11.0. The van der Waals surface area contributed by atoms with Gasteiger partial charge in [-0.05, 0) is 37.1 Å². The minimum absolute atomic E-state index is 0.278. The Morgan fingerprint density at radius 2 is 1.48 bits per heavy atom. The van der Waals surface area contributed by atoms with Gasteiger partial charge < -0.3 is 4.74 Å². The van der Waals surface area contributed by atoms with Gasteiger partial charge in [-0.3, -0.25) is 4.72 Å². The molecule has 5 nitrogen and oxygen atoms in total. The smallest absolute Gasteiger partial charge is 0.497 e. The molecular formula is C23H33F3N2O3S2. The summed E-state index contributed by atoms with van der Waals surface area (Å²) in [6, 6.07) is 6.99. The highest BCUT2D eigenvalue weighted by atomic mass is 32.2. The lowest BCUT2D eigenvalue weighted by Crippen LogP contribution is -2.29. The van der Waals surface area contributed by atoms with Crippen LogP contribution in [0.15, 0.2) is 24.3 Å². The van der Waals surface area contributed by atoms with Crippen LogP contribution in [0.2, 0.25) is 0 Å². The SMILES string of the molecule is CCCCCCCCCCCCc1sc(NS(=O)(=O)C(F)(F)F)nc1-c1ccc(OC)cc1. The molecule has 0 atom stereocenters. The van der Waals surface area contributed by atoms with E-state index in [0.29, 0.717) is 23.4 Å². The molecule has 0 saturated heterocycles. The number of hydrogen-bond donors (Lipinski definition) is 1. The van der Waals surface area contributed by atoms with Gasteiger partial charge in [0.25, 0.3) is 0 Å². The van der Waals surface area contributed by atoms with Gasteiger partial charge in [0.15, 0.2) is 5.13 Å². The van der Waals surface area contributed by atoms with Crippen molar-refractivity contribution in [2.45, 2.75) is 83.1 Å². The zero-order valence-electron chi connectivity index (χ0n) is 19.2. The average Bonchev–Trinajstić information content (AvgIpc) is 3.16. The Morgan fingerprint density at radius 3 is 2.00 bits per heavy atom. The van der Waals surface area contributed by atoms with Crippen molar-refractivity contribution in [3.8, 4) is 17.0 Å². The molecule has 10 heteroatoms. The van der Waals surface area contributed by atoms with Gasteiger partial charge in [0.1, 0.15) is 5.75 Å². The Morgan fingerprint density at radius 1 is 0.939 bits per heavy atom. The minimum Gasteiger partial charge on any atom is -0.497 e. The molecule has 0 radical (unpaired) electrons. The number of methoxy groups -OCH3 is 1. The molecule has 33 heavy (non-hydrogen) atoms. The number of benzene rings is 1. The first-order valence-electron chi connectivity index (χ1n) is 11.4. The fourth-order valence-electron chi connectivity index (χ4n) is 3.49. The number of aryl methyl sites for hydroxylation is 1. The maximum absolute atomic E-state index is 12.8. The van der Waals surface area contributed by atoms with E-state index in [9.17, 15) is 21.6 Å². The van der Waals surface area contributed by atoms with E-state index in [4.69, 9.17) is 4.74 Å². The lowest BCUT2D eigenvalue weighted by Gasteiger charge is -2.07. The molecule has 2 aromatic rings. The number of sulfonamides is 1. The van der Waals surface area contributed by atoms with Crippen LogP contribution in [0.5, 0.6) is 5.75 Å². The Hall–Kier alpha value is -1.81. The molecule has 186 valence electrons. The van der Waals surface area contributed by atoms with E-state index in [-0.39, 0.29) is 5.13 Å². The quantitative estimate of drug-likeness (QED) is 0.253. The van der Waals surface area contributed by atoms with Crippen molar-refractivity contribution in [2.24, 2.45) is 0 Å². The summed E-state index contributed by atoms with van der Waals surface area (Å²) in [5.74, 6) is 0.642. The highest BCUT2D eigenvalue weighted by Crippen LogP contribution is 2.35. The maximum atomic E-state index is 12.8. The Labute approximate surface area is 198 Å². The number of thiazole rings is 1. The highest BCUT2D eigenvalue weighted by Gasteiger charge is 2.46. The van der Waals surface area contributed by atoms with Crippen molar-refractivity contribution in [1.29, 1.82) is 0 Å². The molecule has 1 N–H and O–H groups in total. The minimum atomic E-state index is -5.51. The number of nitrogens with one attached hydrogen (secondary N) is 1. The van der Waals surface area contributed by atoms with Crippen LogP contribution in [-0.2, 0) is 16.4 Å². The van der Waals surface area contributed by atoms with Gasteiger partial charge in [-0.25, -0.2) is 4.98 Å².